The van der Waals surface area contributed by atoms with Crippen LogP contribution in [0.3, 0.4) is 0 Å². The lowest BCUT2D eigenvalue weighted by Gasteiger charge is -2.42. The summed E-state index contributed by atoms with van der Waals surface area (Å²) in [5.41, 5.74) is 5.03. The SMILES string of the molecule is CN1C(N)=N[C@](C)(c2cc(CC(=O)c3ccc(F)cn3)ccc2F)C2(CC2)S1(=O)=O. The number of halogens is 2. The topological polar surface area (TPSA) is 106 Å². The number of carbonyl (C=O) groups is 1. The van der Waals surface area contributed by atoms with E-state index in [4.69, 9.17) is 5.73 Å². The standard InChI is InChI=1S/C20H20F2N4O3S/c1-19(20(7-8-20)30(28,29)26(2)18(23)25-19)14-9-12(3-5-15(14)22)10-17(27)16-6-4-13(21)11-24-16/h3-6,9,11H,7-8,10H2,1-2H3,(H2,23,25)/t19-/m1/s1. The van der Waals surface area contributed by atoms with Crippen LogP contribution in [0.2, 0.25) is 0 Å². The van der Waals surface area contributed by atoms with Crippen molar-refractivity contribution in [2.75, 3.05) is 7.05 Å². The molecule has 4 rings (SSSR count). The maximum absolute atomic E-state index is 14.9. The molecular weight excluding hydrogens is 414 g/mol. The van der Waals surface area contributed by atoms with Crippen LogP contribution in [0.5, 0.6) is 0 Å². The summed E-state index contributed by atoms with van der Waals surface area (Å²) in [5, 5.41) is 0. The second-order valence-corrected chi connectivity index (χ2v) is 10.1. The van der Waals surface area contributed by atoms with Crippen molar-refractivity contribution >= 4 is 21.8 Å². The number of sulfonamides is 1. The molecule has 2 aliphatic rings. The number of rotatable bonds is 4. The van der Waals surface area contributed by atoms with E-state index in [0.717, 1.165) is 16.6 Å². The molecule has 1 saturated carbocycles. The molecule has 1 atom stereocenters. The summed E-state index contributed by atoms with van der Waals surface area (Å²) < 4.78 is 53.7. The van der Waals surface area contributed by atoms with Crippen LogP contribution in [0.25, 0.3) is 0 Å². The maximum Gasteiger partial charge on any atom is 0.245 e. The molecule has 1 aromatic carbocycles. The van der Waals surface area contributed by atoms with Gasteiger partial charge in [-0.1, -0.05) is 6.07 Å². The third kappa shape index (κ3) is 2.81. The van der Waals surface area contributed by atoms with E-state index in [0.29, 0.717) is 18.4 Å². The van der Waals surface area contributed by atoms with Crippen molar-refractivity contribution in [3.05, 3.63) is 65.0 Å². The van der Waals surface area contributed by atoms with Gasteiger partial charge in [-0.25, -0.2) is 26.5 Å². The van der Waals surface area contributed by atoms with Gasteiger partial charge >= 0.3 is 0 Å². The molecule has 30 heavy (non-hydrogen) atoms. The fraction of sp³-hybridized carbons (Fsp3) is 0.350. The molecule has 1 aliphatic carbocycles. The highest BCUT2D eigenvalue weighted by atomic mass is 32.2. The second-order valence-electron chi connectivity index (χ2n) is 7.78. The molecular formula is C20H20F2N4O3S. The van der Waals surface area contributed by atoms with E-state index < -0.39 is 31.9 Å². The number of hydrogen-bond acceptors (Lipinski definition) is 6. The molecule has 0 unspecified atom stereocenters. The van der Waals surface area contributed by atoms with E-state index in [9.17, 15) is 22.0 Å². The van der Waals surface area contributed by atoms with Crippen LogP contribution in [0.15, 0.2) is 41.5 Å². The number of hydrogen-bond donors (Lipinski definition) is 1. The lowest BCUT2D eigenvalue weighted by Crippen LogP contribution is -2.58. The van der Waals surface area contributed by atoms with Crippen LogP contribution in [0.4, 0.5) is 8.78 Å². The van der Waals surface area contributed by atoms with Crippen molar-refractivity contribution in [1.29, 1.82) is 0 Å². The van der Waals surface area contributed by atoms with Crippen molar-refractivity contribution in [1.82, 2.24) is 9.29 Å². The quantitative estimate of drug-likeness (QED) is 0.742. The van der Waals surface area contributed by atoms with E-state index in [-0.39, 0.29) is 29.4 Å². The first-order chi connectivity index (χ1) is 14.0. The lowest BCUT2D eigenvalue weighted by molar-refractivity contribution is 0.0988. The summed E-state index contributed by atoms with van der Waals surface area (Å²) in [5.74, 6) is -1.78. The monoisotopic (exact) mass is 434 g/mol. The van der Waals surface area contributed by atoms with Gasteiger partial charge < -0.3 is 5.73 Å². The molecule has 2 heterocycles. The molecule has 1 aliphatic heterocycles. The number of pyridine rings is 1. The molecule has 0 radical (unpaired) electrons. The highest BCUT2D eigenvalue weighted by Gasteiger charge is 2.70. The van der Waals surface area contributed by atoms with Gasteiger partial charge in [0.15, 0.2) is 5.78 Å². The van der Waals surface area contributed by atoms with E-state index in [1.165, 1.54) is 31.3 Å². The van der Waals surface area contributed by atoms with E-state index in [1.807, 2.05) is 0 Å². The average molecular weight is 434 g/mol. The van der Waals surface area contributed by atoms with Gasteiger partial charge in [-0.05, 0) is 49.6 Å². The van der Waals surface area contributed by atoms with Gasteiger partial charge in [-0.2, -0.15) is 0 Å². The van der Waals surface area contributed by atoms with Crippen molar-refractivity contribution in [3.63, 3.8) is 0 Å². The highest BCUT2D eigenvalue weighted by molar-refractivity contribution is 7.91. The smallest absolute Gasteiger partial charge is 0.245 e. The average Bonchev–Trinajstić information content (AvgIpc) is 3.51. The number of guanidine groups is 1. The zero-order valence-corrected chi connectivity index (χ0v) is 17.2. The molecule has 0 amide bonds. The van der Waals surface area contributed by atoms with Gasteiger partial charge in [0.1, 0.15) is 27.6 Å². The Morgan fingerprint density at radius 3 is 2.53 bits per heavy atom. The number of nitrogens with zero attached hydrogens (tertiary/aromatic N) is 3. The predicted octanol–water partition coefficient (Wildman–Crippen LogP) is 2.12. The first-order valence-electron chi connectivity index (χ1n) is 9.29. The molecule has 1 fully saturated rings. The van der Waals surface area contributed by atoms with E-state index in [2.05, 4.69) is 9.98 Å². The lowest BCUT2D eigenvalue weighted by atomic mass is 9.85. The largest absolute Gasteiger partial charge is 0.369 e. The maximum atomic E-state index is 14.9. The molecule has 0 saturated heterocycles. The van der Waals surface area contributed by atoms with Crippen LogP contribution in [-0.2, 0) is 22.0 Å². The van der Waals surface area contributed by atoms with Crippen LogP contribution in [0.1, 0.15) is 41.4 Å². The molecule has 7 nitrogen and oxygen atoms in total. The number of aliphatic imine (C=N–C) groups is 1. The van der Waals surface area contributed by atoms with Gasteiger partial charge in [0.05, 0.1) is 6.20 Å². The van der Waals surface area contributed by atoms with Crippen molar-refractivity contribution in [3.8, 4) is 0 Å². The minimum atomic E-state index is -3.83. The summed E-state index contributed by atoms with van der Waals surface area (Å²) in [7, 11) is -2.51. The van der Waals surface area contributed by atoms with Crippen LogP contribution in [-0.4, -0.2) is 41.2 Å². The molecule has 2 aromatic rings. The number of Topliss-reactive ketones (excluding diaryl/α,β-unsaturated/α-hetero) is 1. The fourth-order valence-corrected chi connectivity index (χ4v) is 6.16. The van der Waals surface area contributed by atoms with Crippen LogP contribution >= 0.6 is 0 Å². The summed E-state index contributed by atoms with van der Waals surface area (Å²) >= 11 is 0. The molecule has 1 spiro atoms. The minimum absolute atomic E-state index is 0.0667. The normalized spacial score (nSPS) is 23.9. The minimum Gasteiger partial charge on any atom is -0.369 e. The fourth-order valence-electron chi connectivity index (χ4n) is 4.07. The van der Waals surface area contributed by atoms with Gasteiger partial charge in [0, 0.05) is 19.0 Å². The molecule has 158 valence electrons. The summed E-state index contributed by atoms with van der Waals surface area (Å²) in [6.07, 6.45) is 1.49. The summed E-state index contributed by atoms with van der Waals surface area (Å²) in [6.45, 7) is 1.56. The van der Waals surface area contributed by atoms with Crippen molar-refractivity contribution in [2.24, 2.45) is 10.7 Å². The van der Waals surface area contributed by atoms with Gasteiger partial charge in [0.2, 0.25) is 16.0 Å². The third-order valence-electron chi connectivity index (χ3n) is 6.04. The van der Waals surface area contributed by atoms with Gasteiger partial charge in [0.25, 0.3) is 0 Å². The Morgan fingerprint density at radius 1 is 1.23 bits per heavy atom. The summed E-state index contributed by atoms with van der Waals surface area (Å²) in [6, 6.07) is 6.49. The predicted molar refractivity (Wildman–Crippen MR) is 106 cm³/mol. The number of benzene rings is 1. The zero-order chi connectivity index (χ0) is 21.9. The summed E-state index contributed by atoms with van der Waals surface area (Å²) in [4.78, 5) is 20.6. The zero-order valence-electron chi connectivity index (χ0n) is 16.4. The Bertz CT molecular complexity index is 1180. The Morgan fingerprint density at radius 2 is 1.93 bits per heavy atom. The molecule has 1 aromatic heterocycles. The van der Waals surface area contributed by atoms with Gasteiger partial charge in [-0.3, -0.25) is 9.78 Å². The second kappa shape index (κ2) is 6.56. The Balaban J connectivity index is 1.75. The first kappa shape index (κ1) is 20.4. The first-order valence-corrected chi connectivity index (χ1v) is 10.7. The number of aromatic nitrogens is 1. The molecule has 0 bridgehead atoms. The third-order valence-corrected chi connectivity index (χ3v) is 8.74. The van der Waals surface area contributed by atoms with Gasteiger partial charge in [-0.15, -0.1) is 0 Å². The molecule has 10 heteroatoms. The van der Waals surface area contributed by atoms with E-state index >= 15 is 0 Å². The van der Waals surface area contributed by atoms with Crippen molar-refractivity contribution in [2.45, 2.75) is 36.5 Å². The Kier molecular flexibility index (Phi) is 4.46. The Labute approximate surface area is 172 Å². The number of carbonyl (C=O) groups excluding carboxylic acids is 1. The number of nitrogens with two attached hydrogens (primary N) is 1. The Hall–Kier alpha value is -2.88. The van der Waals surface area contributed by atoms with E-state index in [1.54, 1.807) is 6.92 Å². The highest BCUT2D eigenvalue weighted by Crippen LogP contribution is 2.60. The molecule has 2 N–H and O–H groups in total. The van der Waals surface area contributed by atoms with Crippen LogP contribution < -0.4 is 5.73 Å². The number of ketones is 1. The van der Waals surface area contributed by atoms with Crippen molar-refractivity contribution < 1.29 is 22.0 Å². The van der Waals surface area contributed by atoms with Crippen LogP contribution in [0, 0.1) is 11.6 Å².